The van der Waals surface area contributed by atoms with E-state index in [0.717, 1.165) is 36.5 Å². The summed E-state index contributed by atoms with van der Waals surface area (Å²) in [6.07, 6.45) is 3.85. The van der Waals surface area contributed by atoms with E-state index in [1.807, 2.05) is 25.1 Å². The van der Waals surface area contributed by atoms with Crippen LogP contribution in [0.2, 0.25) is 5.02 Å². The number of anilines is 3. The van der Waals surface area contributed by atoms with E-state index >= 15 is 0 Å². The van der Waals surface area contributed by atoms with E-state index in [-0.39, 0.29) is 0 Å². The van der Waals surface area contributed by atoms with Crippen molar-refractivity contribution in [2.75, 3.05) is 17.2 Å². The van der Waals surface area contributed by atoms with Crippen molar-refractivity contribution in [2.24, 2.45) is 0 Å². The monoisotopic (exact) mass is 291 g/mol. The molecule has 2 rings (SSSR count). The van der Waals surface area contributed by atoms with Gasteiger partial charge >= 0.3 is 0 Å². The van der Waals surface area contributed by atoms with Crippen LogP contribution in [0.1, 0.15) is 25.3 Å². The Bertz CT molecular complexity index is 573. The fourth-order valence-electron chi connectivity index (χ4n) is 1.68. The largest absolute Gasteiger partial charge is 0.369 e. The van der Waals surface area contributed by atoms with Crippen LogP contribution < -0.4 is 10.6 Å². The van der Waals surface area contributed by atoms with Gasteiger partial charge in [0.2, 0.25) is 5.95 Å². The lowest BCUT2D eigenvalue weighted by molar-refractivity contribution is 0.827. The number of rotatable bonds is 6. The minimum absolute atomic E-state index is 0.455. The Morgan fingerprint density at radius 2 is 2.15 bits per heavy atom. The molecule has 0 saturated heterocycles. The second-order valence-electron chi connectivity index (χ2n) is 4.53. The molecule has 0 spiro atoms. The molecule has 0 bridgehead atoms. The second-order valence-corrected chi connectivity index (χ2v) is 4.97. The molecule has 0 radical (unpaired) electrons. The van der Waals surface area contributed by atoms with Crippen LogP contribution in [0.15, 0.2) is 24.4 Å². The fourth-order valence-corrected chi connectivity index (χ4v) is 1.86. The average Bonchev–Trinajstić information content (AvgIpc) is 2.44. The number of unbranched alkanes of at least 4 members (excludes halogenated alkanes) is 1. The number of nitrogens with one attached hydrogen (secondary N) is 2. The fraction of sp³-hybridized carbons (Fsp3) is 0.357. The molecule has 0 unspecified atom stereocenters. The molecule has 0 fully saturated rings. The summed E-state index contributed by atoms with van der Waals surface area (Å²) in [5.74, 6) is 1.17. The maximum atomic E-state index is 5.99. The predicted octanol–water partition coefficient (Wildman–Crippen LogP) is 3.79. The van der Waals surface area contributed by atoms with Crippen LogP contribution in [0, 0.1) is 6.92 Å². The molecule has 20 heavy (non-hydrogen) atoms. The van der Waals surface area contributed by atoms with Crippen LogP contribution in [0.4, 0.5) is 17.5 Å². The summed E-state index contributed by atoms with van der Waals surface area (Å²) in [6, 6.07) is 5.64. The van der Waals surface area contributed by atoms with Crippen molar-refractivity contribution in [3.05, 3.63) is 35.0 Å². The van der Waals surface area contributed by atoms with Crippen molar-refractivity contribution in [3.63, 3.8) is 0 Å². The van der Waals surface area contributed by atoms with Gasteiger partial charge in [-0.3, -0.25) is 0 Å². The van der Waals surface area contributed by atoms with E-state index in [0.29, 0.717) is 11.0 Å². The predicted molar refractivity (Wildman–Crippen MR) is 82.7 cm³/mol. The summed E-state index contributed by atoms with van der Waals surface area (Å²) in [4.78, 5) is 4.37. The zero-order chi connectivity index (χ0) is 14.4. The van der Waals surface area contributed by atoms with Gasteiger partial charge in [-0.1, -0.05) is 31.0 Å². The quantitative estimate of drug-likeness (QED) is 0.793. The van der Waals surface area contributed by atoms with Gasteiger partial charge in [-0.2, -0.15) is 10.1 Å². The van der Waals surface area contributed by atoms with E-state index < -0.39 is 0 Å². The molecule has 6 heteroatoms. The third-order valence-corrected chi connectivity index (χ3v) is 3.08. The summed E-state index contributed by atoms with van der Waals surface area (Å²) < 4.78 is 0. The lowest BCUT2D eigenvalue weighted by Crippen LogP contribution is -2.07. The lowest BCUT2D eigenvalue weighted by atomic mass is 10.2. The van der Waals surface area contributed by atoms with E-state index in [1.54, 1.807) is 6.20 Å². The smallest absolute Gasteiger partial charge is 0.249 e. The van der Waals surface area contributed by atoms with E-state index in [2.05, 4.69) is 32.7 Å². The van der Waals surface area contributed by atoms with E-state index in [9.17, 15) is 0 Å². The van der Waals surface area contributed by atoms with Gasteiger partial charge in [0, 0.05) is 17.3 Å². The van der Waals surface area contributed by atoms with Gasteiger partial charge in [0.15, 0.2) is 5.82 Å². The molecule has 5 nitrogen and oxygen atoms in total. The van der Waals surface area contributed by atoms with Crippen molar-refractivity contribution in [3.8, 4) is 0 Å². The highest BCUT2D eigenvalue weighted by Crippen LogP contribution is 2.22. The molecule has 2 N–H and O–H groups in total. The lowest BCUT2D eigenvalue weighted by Gasteiger charge is -2.09. The number of aryl methyl sites for hydroxylation is 1. The van der Waals surface area contributed by atoms with Crippen LogP contribution in [0.3, 0.4) is 0 Å². The van der Waals surface area contributed by atoms with Gasteiger partial charge in [-0.25, -0.2) is 0 Å². The molecular weight excluding hydrogens is 274 g/mol. The van der Waals surface area contributed by atoms with Crippen molar-refractivity contribution >= 4 is 29.1 Å². The molecule has 0 aliphatic rings. The Morgan fingerprint density at radius 3 is 2.95 bits per heavy atom. The first kappa shape index (κ1) is 14.5. The van der Waals surface area contributed by atoms with Gasteiger partial charge < -0.3 is 10.6 Å². The highest BCUT2D eigenvalue weighted by atomic mass is 35.5. The van der Waals surface area contributed by atoms with Gasteiger partial charge in [0.25, 0.3) is 0 Å². The number of hydrogen-bond donors (Lipinski definition) is 2. The summed E-state index contributed by atoms with van der Waals surface area (Å²) in [5, 5.41) is 14.9. The maximum Gasteiger partial charge on any atom is 0.249 e. The standard InChI is InChI=1S/C14H18ClN5/c1-3-4-7-16-13-9-17-20-14(19-13)18-12-8-11(15)6-5-10(12)2/h5-6,8-9H,3-4,7H2,1-2H3,(H2,16,18,19,20). The first-order chi connectivity index (χ1) is 9.69. The van der Waals surface area contributed by atoms with Crippen molar-refractivity contribution in [2.45, 2.75) is 26.7 Å². The zero-order valence-electron chi connectivity index (χ0n) is 11.7. The molecule has 1 aromatic carbocycles. The first-order valence-electron chi connectivity index (χ1n) is 6.66. The second kappa shape index (κ2) is 7.05. The normalized spacial score (nSPS) is 10.3. The summed E-state index contributed by atoms with van der Waals surface area (Å²) in [6.45, 7) is 5.02. The molecule has 2 aromatic rings. The molecule has 106 valence electrons. The highest BCUT2D eigenvalue weighted by molar-refractivity contribution is 6.30. The molecule has 1 aromatic heterocycles. The maximum absolute atomic E-state index is 5.99. The van der Waals surface area contributed by atoms with E-state index in [4.69, 9.17) is 11.6 Å². The van der Waals surface area contributed by atoms with Gasteiger partial charge in [-0.15, -0.1) is 5.10 Å². The average molecular weight is 292 g/mol. The first-order valence-corrected chi connectivity index (χ1v) is 7.03. The Labute approximate surface area is 123 Å². The summed E-state index contributed by atoms with van der Waals surface area (Å²) >= 11 is 5.99. The molecular formula is C14H18ClN5. The van der Waals surface area contributed by atoms with Crippen LogP contribution in [-0.4, -0.2) is 21.7 Å². The Kier molecular flexibility index (Phi) is 5.12. The van der Waals surface area contributed by atoms with Crippen LogP contribution in [0.25, 0.3) is 0 Å². The molecule has 0 aliphatic heterocycles. The Hall–Kier alpha value is -1.88. The zero-order valence-corrected chi connectivity index (χ0v) is 12.4. The molecule has 1 heterocycles. The molecule has 0 atom stereocenters. The van der Waals surface area contributed by atoms with Crippen molar-refractivity contribution < 1.29 is 0 Å². The Morgan fingerprint density at radius 1 is 1.30 bits per heavy atom. The van der Waals surface area contributed by atoms with Crippen LogP contribution in [-0.2, 0) is 0 Å². The minimum Gasteiger partial charge on any atom is -0.369 e. The van der Waals surface area contributed by atoms with Gasteiger partial charge in [0.1, 0.15) is 0 Å². The van der Waals surface area contributed by atoms with Crippen LogP contribution >= 0.6 is 11.6 Å². The molecule has 0 saturated carbocycles. The van der Waals surface area contributed by atoms with Crippen molar-refractivity contribution in [1.82, 2.24) is 15.2 Å². The number of aromatic nitrogens is 3. The molecule has 0 amide bonds. The highest BCUT2D eigenvalue weighted by Gasteiger charge is 2.04. The van der Waals surface area contributed by atoms with Crippen molar-refractivity contribution in [1.29, 1.82) is 0 Å². The number of hydrogen-bond acceptors (Lipinski definition) is 5. The SMILES string of the molecule is CCCCNc1cnnc(Nc2cc(Cl)ccc2C)n1. The third kappa shape index (κ3) is 4.06. The number of nitrogens with zero attached hydrogens (tertiary/aromatic N) is 3. The van der Waals surface area contributed by atoms with Gasteiger partial charge in [-0.05, 0) is 31.0 Å². The van der Waals surface area contributed by atoms with Gasteiger partial charge in [0.05, 0.1) is 6.20 Å². The Balaban J connectivity index is 2.09. The molecule has 0 aliphatic carbocycles. The number of halogens is 1. The third-order valence-electron chi connectivity index (χ3n) is 2.84. The van der Waals surface area contributed by atoms with E-state index in [1.165, 1.54) is 0 Å². The number of benzene rings is 1. The van der Waals surface area contributed by atoms with Crippen LogP contribution in [0.5, 0.6) is 0 Å². The summed E-state index contributed by atoms with van der Waals surface area (Å²) in [7, 11) is 0. The summed E-state index contributed by atoms with van der Waals surface area (Å²) in [5.41, 5.74) is 1.95. The minimum atomic E-state index is 0.455. The topological polar surface area (TPSA) is 62.7 Å².